The lowest BCUT2D eigenvalue weighted by molar-refractivity contribution is -0.0333. The van der Waals surface area contributed by atoms with Crippen LogP contribution in [0.15, 0.2) is 0 Å². The van der Waals surface area contributed by atoms with Gasteiger partial charge in [-0.3, -0.25) is 0 Å². The molecule has 0 bridgehead atoms. The Balaban J connectivity index is 2.45. The van der Waals surface area contributed by atoms with E-state index in [1.54, 1.807) is 0 Å². The fraction of sp³-hybridized carbons (Fsp3) is 0.917. The normalized spacial score (nSPS) is 21.9. The van der Waals surface area contributed by atoms with Crippen LogP contribution in [0, 0.1) is 16.7 Å². The van der Waals surface area contributed by atoms with Gasteiger partial charge in [0.2, 0.25) is 0 Å². The molecule has 1 saturated heterocycles. The van der Waals surface area contributed by atoms with Crippen molar-refractivity contribution in [3.63, 3.8) is 0 Å². The summed E-state index contributed by atoms with van der Waals surface area (Å²) >= 11 is 0. The Kier molecular flexibility index (Phi) is 5.07. The summed E-state index contributed by atoms with van der Waals surface area (Å²) in [6, 6.07) is 2.31. The van der Waals surface area contributed by atoms with Crippen LogP contribution in [0.3, 0.4) is 0 Å². The van der Waals surface area contributed by atoms with E-state index in [1.807, 2.05) is 0 Å². The third-order valence-corrected chi connectivity index (χ3v) is 3.33. The minimum absolute atomic E-state index is 0.474. The number of nitriles is 1. The summed E-state index contributed by atoms with van der Waals surface area (Å²) in [4.78, 5) is 0. The number of ether oxygens (including phenoxy) is 1. The van der Waals surface area contributed by atoms with Gasteiger partial charge in [0.15, 0.2) is 0 Å². The molecule has 0 spiro atoms. The van der Waals surface area contributed by atoms with Crippen molar-refractivity contribution in [3.8, 4) is 6.07 Å². The van der Waals surface area contributed by atoms with Gasteiger partial charge in [0.1, 0.15) is 0 Å². The van der Waals surface area contributed by atoms with Crippen LogP contribution in [0.4, 0.5) is 0 Å². The molecule has 15 heavy (non-hydrogen) atoms. The number of nitrogens with zero attached hydrogens (tertiary/aromatic N) is 1. The fourth-order valence-electron chi connectivity index (χ4n) is 2.12. The predicted octanol–water partition coefficient (Wildman–Crippen LogP) is 2.25. The highest BCUT2D eigenvalue weighted by atomic mass is 16.5. The van der Waals surface area contributed by atoms with Gasteiger partial charge >= 0.3 is 0 Å². The van der Waals surface area contributed by atoms with Gasteiger partial charge in [0, 0.05) is 13.2 Å². The summed E-state index contributed by atoms with van der Waals surface area (Å²) in [5.41, 5.74) is -0.536. The third kappa shape index (κ3) is 3.19. The molecule has 1 N–H and O–H groups in total. The van der Waals surface area contributed by atoms with Gasteiger partial charge in [-0.1, -0.05) is 26.2 Å². The summed E-state index contributed by atoms with van der Waals surface area (Å²) in [5.74, 6) is 0. The molecule has 0 amide bonds. The molecule has 3 heteroatoms. The smallest absolute Gasteiger partial charge is 0.0875 e. The molecule has 1 fully saturated rings. The largest absolute Gasteiger partial charge is 0.391 e. The molecule has 1 heterocycles. The number of hydrogen-bond donors (Lipinski definition) is 1. The molecule has 1 atom stereocenters. The van der Waals surface area contributed by atoms with Crippen molar-refractivity contribution in [1.82, 2.24) is 0 Å². The Bertz CT molecular complexity index is 216. The van der Waals surface area contributed by atoms with Gasteiger partial charge in [-0.05, 0) is 19.3 Å². The predicted molar refractivity (Wildman–Crippen MR) is 58.2 cm³/mol. The number of hydrogen-bond acceptors (Lipinski definition) is 3. The number of aliphatic hydroxyl groups excluding tert-OH is 1. The lowest BCUT2D eigenvalue weighted by Gasteiger charge is -2.34. The molecule has 0 saturated carbocycles. The number of unbranched alkanes of at least 4 members (excludes halogenated alkanes) is 2. The summed E-state index contributed by atoms with van der Waals surface area (Å²) in [6.07, 6.45) is 4.93. The van der Waals surface area contributed by atoms with Crippen LogP contribution in [0.5, 0.6) is 0 Å². The minimum atomic E-state index is -0.536. The number of aliphatic hydroxyl groups is 1. The Hall–Kier alpha value is -0.590. The van der Waals surface area contributed by atoms with E-state index in [-0.39, 0.29) is 0 Å². The lowest BCUT2D eigenvalue weighted by Crippen LogP contribution is -2.39. The van der Waals surface area contributed by atoms with E-state index >= 15 is 0 Å². The van der Waals surface area contributed by atoms with Crippen LogP contribution in [0.25, 0.3) is 0 Å². The number of rotatable bonds is 5. The highest BCUT2D eigenvalue weighted by Gasteiger charge is 2.39. The molecule has 1 aliphatic rings. The summed E-state index contributed by atoms with van der Waals surface area (Å²) in [7, 11) is 0. The van der Waals surface area contributed by atoms with Gasteiger partial charge in [-0.2, -0.15) is 5.26 Å². The van der Waals surface area contributed by atoms with Crippen molar-refractivity contribution in [2.24, 2.45) is 5.41 Å². The summed E-state index contributed by atoms with van der Waals surface area (Å²) in [5, 5.41) is 19.3. The quantitative estimate of drug-likeness (QED) is 0.710. The van der Waals surface area contributed by atoms with Crippen LogP contribution in [0.2, 0.25) is 0 Å². The van der Waals surface area contributed by atoms with Crippen molar-refractivity contribution in [3.05, 3.63) is 0 Å². The first-order valence-electron chi connectivity index (χ1n) is 5.92. The zero-order valence-electron chi connectivity index (χ0n) is 9.54. The SMILES string of the molecule is CCCCCC(O)C1(C#N)CCOCC1. The Labute approximate surface area is 92.0 Å². The van der Waals surface area contributed by atoms with Crippen molar-refractivity contribution < 1.29 is 9.84 Å². The van der Waals surface area contributed by atoms with Gasteiger partial charge in [-0.15, -0.1) is 0 Å². The van der Waals surface area contributed by atoms with E-state index < -0.39 is 11.5 Å². The molecule has 1 aliphatic heterocycles. The first kappa shape index (κ1) is 12.5. The van der Waals surface area contributed by atoms with Crippen molar-refractivity contribution in [2.45, 2.75) is 51.6 Å². The molecule has 0 aromatic rings. The zero-order chi connectivity index (χ0) is 11.1. The highest BCUT2D eigenvalue weighted by Crippen LogP contribution is 2.35. The maximum Gasteiger partial charge on any atom is 0.0875 e. The Morgan fingerprint density at radius 1 is 1.40 bits per heavy atom. The molecule has 0 radical (unpaired) electrons. The Morgan fingerprint density at radius 2 is 2.07 bits per heavy atom. The maximum absolute atomic E-state index is 10.1. The minimum Gasteiger partial charge on any atom is -0.391 e. The standard InChI is InChI=1S/C12H21NO2/c1-2-3-4-5-11(14)12(10-13)6-8-15-9-7-12/h11,14H,2-9H2,1H3. The van der Waals surface area contributed by atoms with E-state index in [1.165, 1.54) is 0 Å². The molecule has 1 rings (SSSR count). The molecule has 3 nitrogen and oxygen atoms in total. The Morgan fingerprint density at radius 3 is 2.60 bits per heavy atom. The van der Waals surface area contributed by atoms with Gasteiger partial charge < -0.3 is 9.84 Å². The van der Waals surface area contributed by atoms with Gasteiger partial charge in [0.25, 0.3) is 0 Å². The van der Waals surface area contributed by atoms with Gasteiger partial charge in [0.05, 0.1) is 17.6 Å². The molecule has 86 valence electrons. The average Bonchev–Trinajstić information content (AvgIpc) is 2.30. The second-order valence-electron chi connectivity index (χ2n) is 4.39. The van der Waals surface area contributed by atoms with Crippen LogP contribution in [-0.4, -0.2) is 24.4 Å². The molecule has 0 aromatic carbocycles. The van der Waals surface area contributed by atoms with E-state index in [0.29, 0.717) is 26.1 Å². The van der Waals surface area contributed by atoms with E-state index in [2.05, 4.69) is 13.0 Å². The first-order valence-corrected chi connectivity index (χ1v) is 5.92. The fourth-order valence-corrected chi connectivity index (χ4v) is 2.12. The lowest BCUT2D eigenvalue weighted by atomic mass is 9.75. The van der Waals surface area contributed by atoms with E-state index in [9.17, 15) is 10.4 Å². The van der Waals surface area contributed by atoms with Crippen molar-refractivity contribution in [1.29, 1.82) is 5.26 Å². The van der Waals surface area contributed by atoms with Crippen LogP contribution < -0.4 is 0 Å². The second-order valence-corrected chi connectivity index (χ2v) is 4.39. The molecule has 0 aliphatic carbocycles. The van der Waals surface area contributed by atoms with Gasteiger partial charge in [-0.25, -0.2) is 0 Å². The second kappa shape index (κ2) is 6.09. The molecular formula is C12H21NO2. The van der Waals surface area contributed by atoms with E-state index in [0.717, 1.165) is 25.7 Å². The van der Waals surface area contributed by atoms with Crippen molar-refractivity contribution in [2.75, 3.05) is 13.2 Å². The molecular weight excluding hydrogens is 190 g/mol. The summed E-state index contributed by atoms with van der Waals surface area (Å²) < 4.78 is 5.24. The monoisotopic (exact) mass is 211 g/mol. The average molecular weight is 211 g/mol. The van der Waals surface area contributed by atoms with Crippen LogP contribution >= 0.6 is 0 Å². The summed E-state index contributed by atoms with van der Waals surface area (Å²) in [6.45, 7) is 3.36. The first-order chi connectivity index (χ1) is 7.25. The maximum atomic E-state index is 10.1. The topological polar surface area (TPSA) is 53.2 Å². The molecule has 1 unspecified atom stereocenters. The van der Waals surface area contributed by atoms with E-state index in [4.69, 9.17) is 4.74 Å². The van der Waals surface area contributed by atoms with Crippen LogP contribution in [-0.2, 0) is 4.74 Å². The van der Waals surface area contributed by atoms with Crippen molar-refractivity contribution >= 4 is 0 Å². The molecule has 0 aromatic heterocycles. The van der Waals surface area contributed by atoms with Crippen LogP contribution in [0.1, 0.15) is 45.4 Å². The highest BCUT2D eigenvalue weighted by molar-refractivity contribution is 5.04. The third-order valence-electron chi connectivity index (χ3n) is 3.33. The zero-order valence-corrected chi connectivity index (χ0v) is 9.54.